The maximum Gasteiger partial charge on any atom is 0.305 e. The molecule has 206 valence electrons. The monoisotopic (exact) mass is 525 g/mol. The molecule has 2 aromatic rings. The number of methoxy groups -OCH3 is 1. The molecule has 8 heteroatoms. The Morgan fingerprint density at radius 3 is 2.53 bits per heavy atom. The number of hydrogen-bond donors (Lipinski definition) is 2. The van der Waals surface area contributed by atoms with E-state index in [1.165, 1.54) is 19.7 Å². The summed E-state index contributed by atoms with van der Waals surface area (Å²) in [4.78, 5) is 23.6. The first-order chi connectivity index (χ1) is 18.4. The van der Waals surface area contributed by atoms with Crippen molar-refractivity contribution in [3.8, 4) is 23.0 Å². The number of hydrogen-bond acceptors (Lipinski definition) is 7. The Morgan fingerprint density at radius 1 is 1.16 bits per heavy atom. The van der Waals surface area contributed by atoms with E-state index in [4.69, 9.17) is 18.9 Å². The fourth-order valence-electron chi connectivity index (χ4n) is 4.59. The molecule has 38 heavy (non-hydrogen) atoms. The highest BCUT2D eigenvalue weighted by molar-refractivity contribution is 5.97. The first kappa shape index (κ1) is 28.9. The molecule has 1 aliphatic heterocycles. The first-order valence-corrected chi connectivity index (χ1v) is 13.2. The van der Waals surface area contributed by atoms with Crippen LogP contribution in [0.25, 0.3) is 0 Å². The van der Waals surface area contributed by atoms with Crippen molar-refractivity contribution in [1.29, 1.82) is 0 Å². The Hall–Kier alpha value is -3.68. The molecule has 1 heterocycles. The number of phenols is 1. The summed E-state index contributed by atoms with van der Waals surface area (Å²) in [5.74, 6) is 1.53. The first-order valence-electron chi connectivity index (χ1n) is 13.2. The molecule has 0 spiro atoms. The summed E-state index contributed by atoms with van der Waals surface area (Å²) in [7, 11) is 2.92. The number of fused-ring (bicyclic) bond motifs is 1. The molecule has 0 fully saturated rings. The minimum atomic E-state index is -0.362. The van der Waals surface area contributed by atoms with Crippen LogP contribution in [0.4, 0.5) is 0 Å². The van der Waals surface area contributed by atoms with Crippen LogP contribution in [0.15, 0.2) is 36.9 Å². The normalized spacial score (nSPS) is 14.1. The van der Waals surface area contributed by atoms with Gasteiger partial charge in [-0.3, -0.25) is 9.59 Å². The predicted molar refractivity (Wildman–Crippen MR) is 145 cm³/mol. The number of allylic oxidation sites excluding steroid dienone is 1. The van der Waals surface area contributed by atoms with Gasteiger partial charge in [0, 0.05) is 31.0 Å². The lowest BCUT2D eigenvalue weighted by Gasteiger charge is -2.29. The van der Waals surface area contributed by atoms with Crippen LogP contribution in [-0.4, -0.2) is 50.5 Å². The van der Waals surface area contributed by atoms with Crippen molar-refractivity contribution >= 4 is 11.9 Å². The number of amides is 1. The minimum absolute atomic E-state index is 0.0168. The summed E-state index contributed by atoms with van der Waals surface area (Å²) in [6, 6.07) is 7.33. The van der Waals surface area contributed by atoms with Crippen LogP contribution < -0.4 is 19.5 Å². The average molecular weight is 526 g/mol. The van der Waals surface area contributed by atoms with E-state index < -0.39 is 0 Å². The Balaban J connectivity index is 1.62. The van der Waals surface area contributed by atoms with E-state index in [0.717, 1.165) is 42.7 Å². The van der Waals surface area contributed by atoms with Crippen molar-refractivity contribution < 1.29 is 33.6 Å². The third kappa shape index (κ3) is 7.21. The summed E-state index contributed by atoms with van der Waals surface area (Å²) in [6.45, 7) is 6.69. The van der Waals surface area contributed by atoms with Gasteiger partial charge in [0.1, 0.15) is 23.0 Å². The highest BCUT2D eigenvalue weighted by atomic mass is 16.5. The number of rotatable bonds is 14. The Labute approximate surface area is 224 Å². The van der Waals surface area contributed by atoms with E-state index in [1.807, 2.05) is 6.07 Å². The molecule has 0 radical (unpaired) electrons. The zero-order valence-corrected chi connectivity index (χ0v) is 22.6. The summed E-state index contributed by atoms with van der Waals surface area (Å²) in [6.07, 6.45) is 7.18. The molecule has 1 aliphatic rings. The molecule has 0 saturated carbocycles. The molecule has 1 atom stereocenters. The van der Waals surface area contributed by atoms with Crippen molar-refractivity contribution in [2.45, 2.75) is 64.4 Å². The second kappa shape index (κ2) is 14.3. The van der Waals surface area contributed by atoms with Gasteiger partial charge in [-0.25, -0.2) is 0 Å². The van der Waals surface area contributed by atoms with Crippen molar-refractivity contribution in [2.24, 2.45) is 0 Å². The number of aromatic hydroxyl groups is 1. The van der Waals surface area contributed by atoms with Gasteiger partial charge in [0.25, 0.3) is 5.91 Å². The maximum absolute atomic E-state index is 12.0. The molecule has 0 bridgehead atoms. The second-order valence-electron chi connectivity index (χ2n) is 9.23. The molecule has 0 saturated heterocycles. The van der Waals surface area contributed by atoms with Crippen molar-refractivity contribution in [1.82, 2.24) is 5.32 Å². The van der Waals surface area contributed by atoms with Gasteiger partial charge in [-0.1, -0.05) is 25.5 Å². The number of aryl methyl sites for hydroxylation is 1. The second-order valence-corrected chi connectivity index (χ2v) is 9.23. The van der Waals surface area contributed by atoms with Gasteiger partial charge in [0.05, 0.1) is 32.0 Å². The van der Waals surface area contributed by atoms with Crippen LogP contribution in [0, 0.1) is 0 Å². The molecule has 0 aliphatic carbocycles. The lowest BCUT2D eigenvalue weighted by molar-refractivity contribution is -0.141. The number of carbonyl (C=O) groups excluding carboxylic acids is 2. The average Bonchev–Trinajstić information content (AvgIpc) is 2.93. The van der Waals surface area contributed by atoms with E-state index in [9.17, 15) is 14.7 Å². The lowest BCUT2D eigenvalue weighted by atomic mass is 9.95. The van der Waals surface area contributed by atoms with Crippen LogP contribution in [0.2, 0.25) is 0 Å². The maximum atomic E-state index is 12.0. The van der Waals surface area contributed by atoms with E-state index in [2.05, 4.69) is 24.9 Å². The third-order valence-corrected chi connectivity index (χ3v) is 6.58. The number of benzene rings is 2. The highest BCUT2D eigenvalue weighted by Gasteiger charge is 2.25. The number of ether oxygens (including phenoxy) is 4. The van der Waals surface area contributed by atoms with Gasteiger partial charge in [-0.2, -0.15) is 0 Å². The summed E-state index contributed by atoms with van der Waals surface area (Å²) >= 11 is 0. The summed E-state index contributed by atoms with van der Waals surface area (Å²) in [5, 5.41) is 13.1. The zero-order valence-electron chi connectivity index (χ0n) is 22.6. The third-order valence-electron chi connectivity index (χ3n) is 6.58. The van der Waals surface area contributed by atoms with Crippen LogP contribution in [0.1, 0.15) is 66.1 Å². The van der Waals surface area contributed by atoms with Gasteiger partial charge in [-0.15, -0.1) is 6.58 Å². The number of nitrogens with one attached hydrogen (secondary N) is 1. The quantitative estimate of drug-likeness (QED) is 0.205. The van der Waals surface area contributed by atoms with E-state index >= 15 is 0 Å². The molecule has 1 unspecified atom stereocenters. The molecule has 2 N–H and O–H groups in total. The van der Waals surface area contributed by atoms with Crippen LogP contribution in [-0.2, 0) is 28.8 Å². The number of carbonyl (C=O) groups is 2. The molecular formula is C30H39NO7. The molecule has 0 aromatic heterocycles. The fraction of sp³-hybridized carbons (Fsp3) is 0.467. The topological polar surface area (TPSA) is 103 Å². The van der Waals surface area contributed by atoms with Crippen LogP contribution >= 0.6 is 0 Å². The lowest BCUT2D eigenvalue weighted by Crippen LogP contribution is -2.25. The summed E-state index contributed by atoms with van der Waals surface area (Å²) in [5.41, 5.74) is 2.97. The van der Waals surface area contributed by atoms with Gasteiger partial charge >= 0.3 is 5.97 Å². The fourth-order valence-corrected chi connectivity index (χ4v) is 4.59. The molecule has 2 aromatic carbocycles. The van der Waals surface area contributed by atoms with Crippen molar-refractivity contribution in [3.63, 3.8) is 0 Å². The van der Waals surface area contributed by atoms with E-state index in [0.29, 0.717) is 50.2 Å². The Kier molecular flexibility index (Phi) is 10.9. The van der Waals surface area contributed by atoms with Gasteiger partial charge < -0.3 is 29.4 Å². The molecular weight excluding hydrogens is 486 g/mol. The van der Waals surface area contributed by atoms with Gasteiger partial charge in [-0.05, 0) is 55.9 Å². The highest BCUT2D eigenvalue weighted by Crippen LogP contribution is 2.39. The van der Waals surface area contributed by atoms with Crippen LogP contribution in [0.5, 0.6) is 23.0 Å². The molecule has 8 nitrogen and oxygen atoms in total. The SMILES string of the molecule is C=CCc1c(OCCCOc2ccc3c(c2CCC)OC(CCC(=O)OC)CC3)ccc(C(=O)NC)c1O. The van der Waals surface area contributed by atoms with Crippen LogP contribution in [0.3, 0.4) is 0 Å². The zero-order chi connectivity index (χ0) is 27.5. The van der Waals surface area contributed by atoms with Crippen molar-refractivity contribution in [3.05, 3.63) is 59.2 Å². The number of esters is 1. The standard InChI is InChI=1S/C30H39NO7/c1-5-8-22-25(16-14-24(28(22)33)30(34)31-3)36-18-7-19-37-26-15-11-20-10-12-21(13-17-27(32)35-4)38-29(20)23(26)9-6-2/h5,11,14-16,21,33H,1,6-10,12-13,17-19H2,2-4H3,(H,31,34). The molecule has 1 amide bonds. The smallest absolute Gasteiger partial charge is 0.305 e. The predicted octanol–water partition coefficient (Wildman–Crippen LogP) is 4.93. The van der Waals surface area contributed by atoms with Crippen molar-refractivity contribution in [2.75, 3.05) is 27.4 Å². The minimum Gasteiger partial charge on any atom is -0.507 e. The Bertz CT molecular complexity index is 1130. The molecule has 3 rings (SSSR count). The Morgan fingerprint density at radius 2 is 1.87 bits per heavy atom. The van der Waals surface area contributed by atoms with Gasteiger partial charge in [0.2, 0.25) is 0 Å². The van der Waals surface area contributed by atoms with E-state index in [-0.39, 0.29) is 29.3 Å². The van der Waals surface area contributed by atoms with Gasteiger partial charge in [0.15, 0.2) is 0 Å². The largest absolute Gasteiger partial charge is 0.507 e. The van der Waals surface area contributed by atoms with E-state index in [1.54, 1.807) is 18.2 Å². The number of phenolic OH excluding ortho intramolecular Hbond substituents is 1. The summed E-state index contributed by atoms with van der Waals surface area (Å²) < 4.78 is 23.2.